The number of nitrogens with zero attached hydrogens (tertiary/aromatic N) is 1. The lowest BCUT2D eigenvalue weighted by atomic mass is 9.83. The first kappa shape index (κ1) is 20.0. The van der Waals surface area contributed by atoms with E-state index in [0.717, 1.165) is 24.2 Å². The van der Waals surface area contributed by atoms with Crippen molar-refractivity contribution in [1.82, 2.24) is 10.1 Å². The maximum Gasteiger partial charge on any atom is 0.438 e. The smallest absolute Gasteiger partial charge is 0.438 e. The van der Waals surface area contributed by atoms with Crippen molar-refractivity contribution in [2.24, 2.45) is 0 Å². The van der Waals surface area contributed by atoms with Crippen LogP contribution in [0.4, 0.5) is 10.5 Å². The summed E-state index contributed by atoms with van der Waals surface area (Å²) in [4.78, 5) is 25.8. The molecule has 1 aliphatic rings. The summed E-state index contributed by atoms with van der Waals surface area (Å²) in [7, 11) is 0. The van der Waals surface area contributed by atoms with E-state index in [-0.39, 0.29) is 11.5 Å². The van der Waals surface area contributed by atoms with Gasteiger partial charge in [-0.1, -0.05) is 19.0 Å². The molecule has 2 aromatic rings. The van der Waals surface area contributed by atoms with Gasteiger partial charge < -0.3 is 9.47 Å². The number of hydrogen-bond acceptors (Lipinski definition) is 6. The number of aryl methyl sites for hydroxylation is 1. The zero-order valence-corrected chi connectivity index (χ0v) is 16.9. The highest BCUT2D eigenvalue weighted by Gasteiger charge is 2.32. The van der Waals surface area contributed by atoms with Crippen molar-refractivity contribution in [1.29, 1.82) is 0 Å². The van der Waals surface area contributed by atoms with Gasteiger partial charge in [-0.25, -0.2) is 9.59 Å². The van der Waals surface area contributed by atoms with E-state index >= 15 is 0 Å². The second-order valence-electron chi connectivity index (χ2n) is 8.76. The molecule has 1 atom stereocenters. The van der Waals surface area contributed by atoms with Crippen LogP contribution in [0, 0.1) is 0 Å². The normalized spacial score (nSPS) is 16.8. The summed E-state index contributed by atoms with van der Waals surface area (Å²) >= 11 is 0. The third kappa shape index (κ3) is 4.94. The van der Waals surface area contributed by atoms with Gasteiger partial charge in [0.25, 0.3) is 0 Å². The quantitative estimate of drug-likeness (QED) is 0.824. The van der Waals surface area contributed by atoms with Crippen molar-refractivity contribution in [3.05, 3.63) is 40.1 Å². The predicted molar refractivity (Wildman–Crippen MR) is 104 cm³/mol. The molecule has 28 heavy (non-hydrogen) atoms. The number of benzene rings is 1. The Kier molecular flexibility index (Phi) is 5.23. The molecule has 0 saturated heterocycles. The van der Waals surface area contributed by atoms with Gasteiger partial charge in [0.05, 0.1) is 6.10 Å². The van der Waals surface area contributed by atoms with Gasteiger partial charge in [-0.2, -0.15) is 0 Å². The molecule has 1 aromatic heterocycles. The van der Waals surface area contributed by atoms with Gasteiger partial charge in [0.2, 0.25) is 0 Å². The number of carbonyl (C=O) groups excluding carboxylic acids is 1. The van der Waals surface area contributed by atoms with Gasteiger partial charge in [0.1, 0.15) is 11.4 Å². The second-order valence-corrected chi connectivity index (χ2v) is 8.76. The largest absolute Gasteiger partial charge is 0.490 e. The summed E-state index contributed by atoms with van der Waals surface area (Å²) in [5, 5.41) is 6.56. The highest BCUT2D eigenvalue weighted by molar-refractivity contribution is 5.85. The lowest BCUT2D eigenvalue weighted by Crippen LogP contribution is -2.32. The van der Waals surface area contributed by atoms with Crippen LogP contribution in [0.25, 0.3) is 0 Å². The van der Waals surface area contributed by atoms with Crippen LogP contribution in [0.5, 0.6) is 5.75 Å². The molecule has 2 N–H and O–H groups in total. The van der Waals surface area contributed by atoms with Gasteiger partial charge in [-0.15, -0.1) is 0 Å². The maximum absolute atomic E-state index is 11.9. The number of nitrogens with one attached hydrogen (secondary N) is 2. The molecule has 2 heterocycles. The molecule has 0 unspecified atom stereocenters. The number of H-pyrrole nitrogens is 1. The Balaban J connectivity index is 1.64. The first-order chi connectivity index (χ1) is 13.0. The minimum absolute atomic E-state index is 0.00707. The molecular weight excluding hydrogens is 362 g/mol. The Morgan fingerprint density at radius 3 is 2.71 bits per heavy atom. The number of ether oxygens (including phenoxy) is 2. The lowest BCUT2D eigenvalue weighted by Gasteiger charge is -2.31. The molecule has 0 saturated carbocycles. The van der Waals surface area contributed by atoms with Crippen LogP contribution in [-0.4, -0.2) is 27.9 Å². The van der Waals surface area contributed by atoms with E-state index in [4.69, 9.17) is 9.47 Å². The molecule has 0 spiro atoms. The van der Waals surface area contributed by atoms with E-state index < -0.39 is 17.5 Å². The summed E-state index contributed by atoms with van der Waals surface area (Å²) in [6.07, 6.45) is 1.86. The average Bonchev–Trinajstić information content (AvgIpc) is 3.00. The van der Waals surface area contributed by atoms with Crippen LogP contribution in [0.3, 0.4) is 0 Å². The second kappa shape index (κ2) is 7.33. The Hall–Kier alpha value is -2.77. The van der Waals surface area contributed by atoms with E-state index in [1.165, 1.54) is 0 Å². The van der Waals surface area contributed by atoms with Crippen LogP contribution in [0.2, 0.25) is 0 Å². The number of hydrogen-bond donors (Lipinski definition) is 2. The van der Waals surface area contributed by atoms with Crippen LogP contribution in [0.15, 0.2) is 27.5 Å². The highest BCUT2D eigenvalue weighted by atomic mass is 16.6. The Morgan fingerprint density at radius 2 is 2.07 bits per heavy atom. The number of aromatic nitrogens is 2. The van der Waals surface area contributed by atoms with Crippen LogP contribution >= 0.6 is 0 Å². The minimum atomic E-state index is -0.553. The number of fused-ring (bicyclic) bond motifs is 1. The number of carbonyl (C=O) groups is 1. The molecule has 1 amide bonds. The van der Waals surface area contributed by atoms with E-state index in [2.05, 4.69) is 20.0 Å². The van der Waals surface area contributed by atoms with Crippen molar-refractivity contribution in [2.75, 3.05) is 5.32 Å². The Labute approximate surface area is 163 Å². The molecule has 8 heteroatoms. The number of aromatic amines is 1. The van der Waals surface area contributed by atoms with Gasteiger partial charge in [0, 0.05) is 11.1 Å². The first-order valence-electron chi connectivity index (χ1n) is 9.38. The minimum Gasteiger partial charge on any atom is -0.490 e. The number of amides is 1. The molecule has 0 bridgehead atoms. The summed E-state index contributed by atoms with van der Waals surface area (Å²) < 4.78 is 16.0. The summed E-state index contributed by atoms with van der Waals surface area (Å²) in [6.45, 7) is 9.46. The maximum atomic E-state index is 11.9. The van der Waals surface area contributed by atoms with Crippen molar-refractivity contribution in [2.45, 2.75) is 71.0 Å². The molecule has 1 aliphatic heterocycles. The lowest BCUT2D eigenvalue weighted by molar-refractivity contribution is 0.0635. The molecule has 0 aliphatic carbocycles. The monoisotopic (exact) mass is 389 g/mol. The van der Waals surface area contributed by atoms with Crippen LogP contribution < -0.4 is 15.8 Å². The molecule has 3 rings (SSSR count). The van der Waals surface area contributed by atoms with Crippen molar-refractivity contribution in [3.63, 3.8) is 0 Å². The van der Waals surface area contributed by atoms with E-state index in [1.54, 1.807) is 6.07 Å². The fraction of sp³-hybridized carbons (Fsp3) is 0.550. The molecule has 152 valence electrons. The molecule has 8 nitrogen and oxygen atoms in total. The standard InChI is InChI=1S/C20H27N3O5/c1-19(2,3)27-17(24)21-13-7-9-15-12(10-13)6-8-14(26-15)11-20(4,5)16-22-18(25)28-23-16/h7,9-10,14H,6,8,11H2,1-5H3,(H,21,24)(H,22,23,25)/t14-/m0/s1. The highest BCUT2D eigenvalue weighted by Crippen LogP contribution is 2.35. The SMILES string of the molecule is CC(C)(C)OC(=O)Nc1ccc2c(c1)CC[C@@H](CC(C)(C)c1noc(=O)[nH]1)O2. The van der Waals surface area contributed by atoms with Gasteiger partial charge in [-0.05, 0) is 63.8 Å². The predicted octanol–water partition coefficient (Wildman–Crippen LogP) is 3.77. The van der Waals surface area contributed by atoms with E-state index in [1.807, 2.05) is 46.8 Å². The topological polar surface area (TPSA) is 106 Å². The molecule has 0 fully saturated rings. The molecule has 0 radical (unpaired) electrons. The van der Waals surface area contributed by atoms with E-state index in [0.29, 0.717) is 17.9 Å². The summed E-state index contributed by atoms with van der Waals surface area (Å²) in [5.41, 5.74) is 0.787. The number of rotatable bonds is 4. The van der Waals surface area contributed by atoms with Gasteiger partial charge >= 0.3 is 11.8 Å². The van der Waals surface area contributed by atoms with Crippen LogP contribution in [0.1, 0.15) is 58.8 Å². The Bertz CT molecular complexity index is 907. The number of anilines is 1. The zero-order chi connectivity index (χ0) is 20.5. The fourth-order valence-corrected chi connectivity index (χ4v) is 3.28. The van der Waals surface area contributed by atoms with Gasteiger partial charge in [0.15, 0.2) is 5.82 Å². The first-order valence-corrected chi connectivity index (χ1v) is 9.38. The molecular formula is C20H27N3O5. The zero-order valence-electron chi connectivity index (χ0n) is 16.9. The van der Waals surface area contributed by atoms with Crippen LogP contribution in [-0.2, 0) is 16.6 Å². The third-order valence-electron chi connectivity index (χ3n) is 4.55. The van der Waals surface area contributed by atoms with Crippen molar-refractivity contribution < 1.29 is 18.8 Å². The molecule has 1 aromatic carbocycles. The Morgan fingerprint density at radius 1 is 1.32 bits per heavy atom. The third-order valence-corrected chi connectivity index (χ3v) is 4.55. The average molecular weight is 389 g/mol. The summed E-state index contributed by atoms with van der Waals surface area (Å²) in [5.74, 6) is 0.766. The van der Waals surface area contributed by atoms with Gasteiger partial charge in [-0.3, -0.25) is 14.8 Å². The van der Waals surface area contributed by atoms with Crippen molar-refractivity contribution >= 4 is 11.8 Å². The summed E-state index contributed by atoms with van der Waals surface area (Å²) in [6, 6.07) is 5.57. The van der Waals surface area contributed by atoms with E-state index in [9.17, 15) is 9.59 Å². The fourth-order valence-electron chi connectivity index (χ4n) is 3.28. The van der Waals surface area contributed by atoms with Crippen molar-refractivity contribution in [3.8, 4) is 5.75 Å².